The molecule has 0 aromatic heterocycles. The number of fused-ring (bicyclic) bond motifs is 2. The van der Waals surface area contributed by atoms with Gasteiger partial charge in [0.15, 0.2) is 23.3 Å². The molecule has 10 atom stereocenters. The second-order valence-corrected chi connectivity index (χ2v) is 27.5. The zero-order valence-electron chi connectivity index (χ0n) is 48.4. The molecule has 22 nitrogen and oxygen atoms in total. The molecule has 4 saturated heterocycles. The van der Waals surface area contributed by atoms with Crippen molar-refractivity contribution in [2.75, 3.05) is 66.0 Å². The van der Waals surface area contributed by atoms with E-state index >= 15 is 9.59 Å². The number of nitrogens with one attached hydrogen (secondary N) is 2. The maximum Gasteiger partial charge on any atom is 0.410 e. The number of sulfonamides is 2. The van der Waals surface area contributed by atoms with E-state index in [0.29, 0.717) is 0 Å². The molecule has 0 bridgehead atoms. The Morgan fingerprint density at radius 1 is 0.598 bits per heavy atom. The van der Waals surface area contributed by atoms with Crippen LogP contribution in [0.3, 0.4) is 0 Å². The fourth-order valence-corrected chi connectivity index (χ4v) is 13.3. The highest BCUT2D eigenvalue weighted by Crippen LogP contribution is 2.40. The third-order valence-corrected chi connectivity index (χ3v) is 17.8. The van der Waals surface area contributed by atoms with Gasteiger partial charge < -0.3 is 39.4 Å². The Hall–Kier alpha value is -6.00. The van der Waals surface area contributed by atoms with Crippen LogP contribution in [0.5, 0.6) is 11.5 Å². The zero-order chi connectivity index (χ0) is 61.1. The van der Waals surface area contributed by atoms with Gasteiger partial charge in [-0.15, -0.1) is 0 Å². The highest BCUT2D eigenvalue weighted by Gasteiger charge is 2.55. The molecule has 4 aliphatic rings. The summed E-state index contributed by atoms with van der Waals surface area (Å²) in [7, 11) is -5.01. The van der Waals surface area contributed by atoms with Crippen LogP contribution in [0.1, 0.15) is 93.9 Å². The van der Waals surface area contributed by atoms with Gasteiger partial charge in [-0.3, -0.25) is 29.0 Å². The van der Waals surface area contributed by atoms with Gasteiger partial charge in [-0.1, -0.05) is 12.8 Å². The fraction of sp³-hybridized carbons (Fsp3) is 0.667. The SMILES string of the molecule is C[C@@H](C(=O)NC(CCCCC(NC(=O)[C@H](C)N(C)C(=O)OC(C)(C)C)C(=O)N1CC[C@@H]2[C@H]1[C@@H](COc1ccc(F)c(F)c1)CN2S(C)(=O)=O)C(=O)N1CC[C@@H]2[C@H]1[C@@H](COc1ccc(F)c(F)c1)CN2S(C)(=O)=O)N(C)C(=O)OC(C)(C)C. The third kappa shape index (κ3) is 16.0. The number of nitrogens with zero attached hydrogens (tertiary/aromatic N) is 6. The summed E-state index contributed by atoms with van der Waals surface area (Å²) in [5, 5.41) is 5.59. The van der Waals surface area contributed by atoms with Crippen molar-refractivity contribution in [2.24, 2.45) is 11.8 Å². The summed E-state index contributed by atoms with van der Waals surface area (Å²) in [6.07, 6.45) is 0.817. The number of hydrogen-bond donors (Lipinski definition) is 2. The minimum Gasteiger partial charge on any atom is -0.493 e. The molecule has 0 radical (unpaired) electrons. The molecule has 4 aliphatic heterocycles. The van der Waals surface area contributed by atoms with Gasteiger partial charge in [0, 0.05) is 76.3 Å². The molecule has 6 amide bonds. The summed E-state index contributed by atoms with van der Waals surface area (Å²) >= 11 is 0. The fourth-order valence-electron chi connectivity index (χ4n) is 11.0. The number of unbranched alkanes of at least 4 members (excludes halogenated alkanes) is 1. The number of hydrogen-bond acceptors (Lipinski definition) is 14. The first-order valence-electron chi connectivity index (χ1n) is 27.2. The second-order valence-electron chi connectivity index (χ2n) is 23.7. The number of amides is 6. The molecule has 2 N–H and O–H groups in total. The molecule has 4 heterocycles. The molecule has 2 unspecified atom stereocenters. The van der Waals surface area contributed by atoms with E-state index in [9.17, 15) is 53.6 Å². The molecule has 2 aromatic carbocycles. The van der Waals surface area contributed by atoms with Crippen molar-refractivity contribution in [3.63, 3.8) is 0 Å². The minimum absolute atomic E-state index is 0.0351. The molecule has 458 valence electrons. The minimum atomic E-state index is -3.85. The van der Waals surface area contributed by atoms with Crippen LogP contribution in [0.4, 0.5) is 27.2 Å². The van der Waals surface area contributed by atoms with Crippen LogP contribution in [0.2, 0.25) is 0 Å². The molecule has 2 aromatic rings. The lowest BCUT2D eigenvalue weighted by molar-refractivity contribution is -0.139. The molecule has 28 heteroatoms. The Morgan fingerprint density at radius 3 is 1.24 bits per heavy atom. The van der Waals surface area contributed by atoms with Crippen molar-refractivity contribution in [3.05, 3.63) is 59.7 Å². The summed E-state index contributed by atoms with van der Waals surface area (Å²) in [6.45, 7) is 12.2. The number of carbonyl (C=O) groups excluding carboxylic acids is 6. The summed E-state index contributed by atoms with van der Waals surface area (Å²) in [5.74, 6) is -8.72. The Bertz CT molecular complexity index is 2740. The van der Waals surface area contributed by atoms with Crippen molar-refractivity contribution in [1.82, 2.24) is 38.8 Å². The lowest BCUT2D eigenvalue weighted by atomic mass is 9.97. The number of carbonyl (C=O) groups is 6. The predicted octanol–water partition coefficient (Wildman–Crippen LogP) is 4.46. The van der Waals surface area contributed by atoms with Crippen LogP contribution in [0.15, 0.2) is 36.4 Å². The van der Waals surface area contributed by atoms with Gasteiger partial charge in [0.2, 0.25) is 43.7 Å². The van der Waals surface area contributed by atoms with Gasteiger partial charge in [0.25, 0.3) is 0 Å². The highest BCUT2D eigenvalue weighted by atomic mass is 32.2. The predicted molar refractivity (Wildman–Crippen MR) is 291 cm³/mol. The molecule has 0 saturated carbocycles. The third-order valence-electron chi connectivity index (χ3n) is 15.3. The van der Waals surface area contributed by atoms with Gasteiger partial charge in [-0.2, -0.15) is 8.61 Å². The highest BCUT2D eigenvalue weighted by molar-refractivity contribution is 7.88. The molecule has 0 aliphatic carbocycles. The van der Waals surface area contributed by atoms with Crippen LogP contribution in [0, 0.1) is 35.1 Å². The average Bonchev–Trinajstić information content (AvgIpc) is 3.91. The maximum atomic E-state index is 15.1. The first kappa shape index (κ1) is 65.2. The average molecular weight is 1200 g/mol. The van der Waals surface area contributed by atoms with Crippen molar-refractivity contribution in [3.8, 4) is 11.5 Å². The van der Waals surface area contributed by atoms with Crippen LogP contribution < -0.4 is 20.1 Å². The normalized spacial score (nSPS) is 22.8. The monoisotopic (exact) mass is 1200 g/mol. The number of halogens is 4. The van der Waals surface area contributed by atoms with E-state index in [0.717, 1.165) is 46.6 Å². The molecule has 6 rings (SSSR count). The van der Waals surface area contributed by atoms with Gasteiger partial charge >= 0.3 is 12.2 Å². The van der Waals surface area contributed by atoms with E-state index in [1.807, 2.05) is 0 Å². The van der Waals surface area contributed by atoms with E-state index in [-0.39, 0.29) is 89.4 Å². The second kappa shape index (κ2) is 25.9. The summed E-state index contributed by atoms with van der Waals surface area (Å²) in [6, 6.07) is -2.23. The first-order chi connectivity index (χ1) is 38.0. The Kier molecular flexibility index (Phi) is 20.6. The lowest BCUT2D eigenvalue weighted by Gasteiger charge is -2.34. The smallest absolute Gasteiger partial charge is 0.410 e. The van der Waals surface area contributed by atoms with Gasteiger partial charge in [0.05, 0.1) is 37.8 Å². The number of likely N-dealkylation sites (N-methyl/N-ethyl adjacent to an activating group) is 2. The van der Waals surface area contributed by atoms with Crippen LogP contribution in [-0.2, 0) is 48.7 Å². The van der Waals surface area contributed by atoms with E-state index in [2.05, 4.69) is 10.6 Å². The largest absolute Gasteiger partial charge is 0.493 e. The standard InChI is InChI=1S/C54H78F4N8O14S2/c1-31(61(9)51(71)79-53(3,4)5)47(67)59-41(49(69)63-23-21-43-45(63)33(27-65(43)81(11,73)74)29-77-35-17-19-37(55)39(57)25-35)15-13-14-16-42(60-48(68)32(2)62(10)52(72)80-54(6,7)8)50(70)64-24-22-44-46(64)34(28-66(44)82(12,75)76)30-78-36-18-20-38(56)40(58)26-36/h17-20,25-26,31-34,41-46H,13-16,21-24,27-30H2,1-12H3,(H,59,67)(H,60,68)/t31-,32-,33+,34+,41?,42?,43+,44+,45+,46+/m0/s1. The van der Waals surface area contributed by atoms with E-state index in [1.165, 1.54) is 58.5 Å². The van der Waals surface area contributed by atoms with Crippen LogP contribution in [-0.4, -0.2) is 206 Å². The van der Waals surface area contributed by atoms with Crippen molar-refractivity contribution < 1.29 is 82.1 Å². The number of benzene rings is 2. The Labute approximate surface area is 477 Å². The Morgan fingerprint density at radius 2 is 0.939 bits per heavy atom. The summed E-state index contributed by atoms with van der Waals surface area (Å²) in [5.41, 5.74) is -1.84. The van der Waals surface area contributed by atoms with Crippen LogP contribution >= 0.6 is 0 Å². The summed E-state index contributed by atoms with van der Waals surface area (Å²) < 4.78 is 134. The van der Waals surface area contributed by atoms with E-state index in [4.69, 9.17) is 18.9 Å². The zero-order valence-corrected chi connectivity index (χ0v) is 50.1. The lowest BCUT2D eigenvalue weighted by Crippen LogP contribution is -2.56. The molecular weight excluding hydrogens is 1120 g/mol. The van der Waals surface area contributed by atoms with Crippen molar-refractivity contribution in [1.29, 1.82) is 0 Å². The van der Waals surface area contributed by atoms with Gasteiger partial charge in [0.1, 0.15) is 46.9 Å². The van der Waals surface area contributed by atoms with Gasteiger partial charge in [-0.25, -0.2) is 44.0 Å². The molecule has 4 fully saturated rings. The molecular formula is C54H78F4N8O14S2. The maximum absolute atomic E-state index is 15.1. The first-order valence-corrected chi connectivity index (χ1v) is 30.9. The number of rotatable bonds is 21. The topological polar surface area (TPSA) is 251 Å². The Balaban J connectivity index is 1.28. The van der Waals surface area contributed by atoms with E-state index < -0.39 is 151 Å². The summed E-state index contributed by atoms with van der Waals surface area (Å²) in [4.78, 5) is 89.8. The number of likely N-dealkylation sites (tertiary alicyclic amines) is 2. The van der Waals surface area contributed by atoms with Crippen molar-refractivity contribution in [2.45, 2.75) is 153 Å². The van der Waals surface area contributed by atoms with E-state index in [1.54, 1.807) is 41.5 Å². The van der Waals surface area contributed by atoms with Crippen molar-refractivity contribution >= 4 is 55.9 Å². The quantitative estimate of drug-likeness (QED) is 0.129. The molecule has 0 spiro atoms. The van der Waals surface area contributed by atoms with Gasteiger partial charge in [-0.05, 0) is 105 Å². The molecule has 82 heavy (non-hydrogen) atoms. The van der Waals surface area contributed by atoms with Crippen LogP contribution in [0.25, 0.3) is 0 Å². The number of ether oxygens (including phenoxy) is 4.